The third kappa shape index (κ3) is 5.41. The van der Waals surface area contributed by atoms with Crippen LogP contribution in [0.2, 0.25) is 5.02 Å². The van der Waals surface area contributed by atoms with E-state index < -0.39 is 0 Å². The van der Waals surface area contributed by atoms with E-state index in [9.17, 15) is 4.79 Å². The summed E-state index contributed by atoms with van der Waals surface area (Å²) in [5, 5.41) is 3.51. The summed E-state index contributed by atoms with van der Waals surface area (Å²) in [6, 6.07) is 21.3. The molecule has 4 rings (SSSR count). The fourth-order valence-corrected chi connectivity index (χ4v) is 3.42. The summed E-state index contributed by atoms with van der Waals surface area (Å²) in [4.78, 5) is 16.7. The van der Waals surface area contributed by atoms with Crippen molar-refractivity contribution in [1.82, 2.24) is 4.98 Å². The van der Waals surface area contributed by atoms with E-state index in [1.54, 1.807) is 18.2 Å². The normalized spacial score (nSPS) is 11.5. The molecule has 0 radical (unpaired) electrons. The molecule has 1 amide bonds. The number of nitrogens with one attached hydrogen (secondary N) is 1. The number of halogens is 1. The lowest BCUT2D eigenvalue weighted by molar-refractivity contribution is -0.111. The molecule has 1 heterocycles. The zero-order valence-corrected chi connectivity index (χ0v) is 18.2. The summed E-state index contributed by atoms with van der Waals surface area (Å²) in [5.74, 6) is 0.947. The van der Waals surface area contributed by atoms with Crippen LogP contribution < -0.4 is 5.32 Å². The number of rotatable bonds is 6. The Labute approximate surface area is 186 Å². The number of anilines is 1. The van der Waals surface area contributed by atoms with Crippen LogP contribution in [-0.4, -0.2) is 10.9 Å². The minimum absolute atomic E-state index is 0.170. The van der Waals surface area contributed by atoms with Crippen molar-refractivity contribution in [2.45, 2.75) is 26.2 Å². The van der Waals surface area contributed by atoms with Crippen molar-refractivity contribution in [2.24, 2.45) is 0 Å². The summed E-state index contributed by atoms with van der Waals surface area (Å²) >= 11 is 6.00. The number of amides is 1. The summed E-state index contributed by atoms with van der Waals surface area (Å²) in [7, 11) is 0. The van der Waals surface area contributed by atoms with Crippen LogP contribution in [0.15, 0.2) is 77.2 Å². The number of fused-ring (bicyclic) bond motifs is 1. The maximum atomic E-state index is 12.2. The van der Waals surface area contributed by atoms with E-state index in [1.807, 2.05) is 48.5 Å². The summed E-state index contributed by atoms with van der Waals surface area (Å²) in [5.41, 5.74) is 5.51. The molecule has 5 heteroatoms. The van der Waals surface area contributed by atoms with Gasteiger partial charge in [0.2, 0.25) is 5.91 Å². The third-order valence-electron chi connectivity index (χ3n) is 5.00. The molecule has 4 nitrogen and oxygen atoms in total. The summed E-state index contributed by atoms with van der Waals surface area (Å²) in [6.45, 7) is 4.32. The molecule has 0 fully saturated rings. The molecule has 0 saturated heterocycles. The summed E-state index contributed by atoms with van der Waals surface area (Å²) in [6.07, 6.45) is 3.92. The van der Waals surface area contributed by atoms with Gasteiger partial charge in [0, 0.05) is 23.2 Å². The number of benzene rings is 3. The average molecular weight is 431 g/mol. The number of carbonyl (C=O) groups is 1. The minimum Gasteiger partial charge on any atom is -0.440 e. The van der Waals surface area contributed by atoms with Gasteiger partial charge in [0.25, 0.3) is 0 Å². The molecule has 0 saturated carbocycles. The second-order valence-corrected chi connectivity index (χ2v) is 8.17. The molecular formula is C26H23ClN2O2. The van der Waals surface area contributed by atoms with Gasteiger partial charge in [-0.05, 0) is 59.0 Å². The van der Waals surface area contributed by atoms with E-state index >= 15 is 0 Å². The monoisotopic (exact) mass is 430 g/mol. The van der Waals surface area contributed by atoms with Crippen LogP contribution in [0.3, 0.4) is 0 Å². The summed E-state index contributed by atoms with van der Waals surface area (Å²) < 4.78 is 5.77. The third-order valence-corrected chi connectivity index (χ3v) is 5.24. The van der Waals surface area contributed by atoms with E-state index in [4.69, 9.17) is 16.0 Å². The fraction of sp³-hybridized carbons (Fsp3) is 0.154. The van der Waals surface area contributed by atoms with Gasteiger partial charge in [-0.3, -0.25) is 4.79 Å². The lowest BCUT2D eigenvalue weighted by Crippen LogP contribution is -2.07. The van der Waals surface area contributed by atoms with Gasteiger partial charge >= 0.3 is 0 Å². The van der Waals surface area contributed by atoms with Gasteiger partial charge < -0.3 is 9.73 Å². The van der Waals surface area contributed by atoms with Gasteiger partial charge in [0.15, 0.2) is 11.5 Å². The van der Waals surface area contributed by atoms with E-state index in [-0.39, 0.29) is 5.91 Å². The lowest BCUT2D eigenvalue weighted by atomic mass is 10.0. The minimum atomic E-state index is -0.170. The zero-order valence-electron chi connectivity index (χ0n) is 17.4. The van der Waals surface area contributed by atoms with Gasteiger partial charge in [0.05, 0.1) is 0 Å². The molecule has 4 aromatic rings. The molecule has 3 aromatic carbocycles. The Morgan fingerprint density at radius 1 is 1.06 bits per heavy atom. The molecule has 1 N–H and O–H groups in total. The van der Waals surface area contributed by atoms with Crippen LogP contribution in [0.25, 0.3) is 17.2 Å². The van der Waals surface area contributed by atoms with Crippen molar-refractivity contribution in [1.29, 1.82) is 0 Å². The van der Waals surface area contributed by atoms with E-state index in [0.29, 0.717) is 28.8 Å². The van der Waals surface area contributed by atoms with Crippen molar-refractivity contribution < 1.29 is 9.21 Å². The molecule has 0 aliphatic rings. The predicted molar refractivity (Wildman–Crippen MR) is 126 cm³/mol. The van der Waals surface area contributed by atoms with Crippen LogP contribution >= 0.6 is 11.6 Å². The molecule has 156 valence electrons. The van der Waals surface area contributed by atoms with Crippen molar-refractivity contribution in [3.8, 4) is 0 Å². The molecule has 0 bridgehead atoms. The van der Waals surface area contributed by atoms with Gasteiger partial charge in [-0.15, -0.1) is 0 Å². The van der Waals surface area contributed by atoms with Crippen LogP contribution in [0.5, 0.6) is 0 Å². The Bertz CT molecular complexity index is 1220. The van der Waals surface area contributed by atoms with Crippen molar-refractivity contribution in [3.05, 3.63) is 100 Å². The van der Waals surface area contributed by atoms with Gasteiger partial charge in [-0.1, -0.05) is 61.8 Å². The highest BCUT2D eigenvalue weighted by Gasteiger charge is 2.08. The highest BCUT2D eigenvalue weighted by Crippen LogP contribution is 2.22. The molecular weight excluding hydrogens is 408 g/mol. The van der Waals surface area contributed by atoms with Gasteiger partial charge in [-0.2, -0.15) is 0 Å². The Hall–Kier alpha value is -3.37. The number of carbonyl (C=O) groups excluding carboxylic acids is 1. The molecule has 0 aliphatic carbocycles. The number of aromatic nitrogens is 1. The molecule has 0 spiro atoms. The maximum absolute atomic E-state index is 12.2. The molecule has 1 aromatic heterocycles. The topological polar surface area (TPSA) is 55.1 Å². The van der Waals surface area contributed by atoms with E-state index in [2.05, 4.69) is 36.3 Å². The van der Waals surface area contributed by atoms with Crippen molar-refractivity contribution in [3.63, 3.8) is 0 Å². The molecule has 0 atom stereocenters. The second kappa shape index (κ2) is 9.19. The van der Waals surface area contributed by atoms with Crippen LogP contribution in [0.1, 0.15) is 42.3 Å². The predicted octanol–water partition coefficient (Wildman–Crippen LogP) is 6.85. The van der Waals surface area contributed by atoms with Crippen LogP contribution in [0, 0.1) is 0 Å². The Morgan fingerprint density at radius 2 is 1.81 bits per heavy atom. The van der Waals surface area contributed by atoms with Crippen LogP contribution in [-0.2, 0) is 11.2 Å². The first-order valence-corrected chi connectivity index (χ1v) is 10.6. The zero-order chi connectivity index (χ0) is 21.8. The van der Waals surface area contributed by atoms with Gasteiger partial charge in [0.1, 0.15) is 5.52 Å². The standard InChI is InChI=1S/C26H23ClN2O2/c1-17(2)20-8-3-18(4-9-20)7-14-25(30)28-22-11-5-19(6-12-22)15-26-29-23-16-21(27)10-13-24(23)31-26/h3-14,16-17H,15H2,1-2H3,(H,28,30)/b14-7+. The number of nitrogens with zero attached hydrogens (tertiary/aromatic N) is 1. The number of oxazole rings is 1. The first-order valence-electron chi connectivity index (χ1n) is 10.2. The Balaban J connectivity index is 1.35. The van der Waals surface area contributed by atoms with E-state index in [0.717, 1.165) is 22.3 Å². The smallest absolute Gasteiger partial charge is 0.248 e. The van der Waals surface area contributed by atoms with Crippen molar-refractivity contribution in [2.75, 3.05) is 5.32 Å². The lowest BCUT2D eigenvalue weighted by Gasteiger charge is -2.05. The number of hydrogen-bond acceptors (Lipinski definition) is 3. The SMILES string of the molecule is CC(C)c1ccc(/C=C/C(=O)Nc2ccc(Cc3nc4cc(Cl)ccc4o3)cc2)cc1. The van der Waals surface area contributed by atoms with Crippen LogP contribution in [0.4, 0.5) is 5.69 Å². The molecule has 0 aliphatic heterocycles. The molecule has 31 heavy (non-hydrogen) atoms. The number of hydrogen-bond donors (Lipinski definition) is 1. The first kappa shape index (κ1) is 20.9. The first-order chi connectivity index (χ1) is 15.0. The maximum Gasteiger partial charge on any atom is 0.248 e. The highest BCUT2D eigenvalue weighted by atomic mass is 35.5. The Morgan fingerprint density at radius 3 is 2.52 bits per heavy atom. The largest absolute Gasteiger partial charge is 0.440 e. The van der Waals surface area contributed by atoms with Gasteiger partial charge in [-0.25, -0.2) is 4.98 Å². The van der Waals surface area contributed by atoms with E-state index in [1.165, 1.54) is 5.56 Å². The van der Waals surface area contributed by atoms with Crippen molar-refractivity contribution >= 4 is 40.4 Å². The fourth-order valence-electron chi connectivity index (χ4n) is 3.25. The Kier molecular flexibility index (Phi) is 6.19. The average Bonchev–Trinajstić information content (AvgIpc) is 3.15. The second-order valence-electron chi connectivity index (χ2n) is 7.74. The molecule has 0 unspecified atom stereocenters. The quantitative estimate of drug-likeness (QED) is 0.340. The highest BCUT2D eigenvalue weighted by molar-refractivity contribution is 6.31.